The Balaban J connectivity index is 2.02. The number of carboxylic acid groups (broad SMARTS) is 6. The van der Waals surface area contributed by atoms with E-state index < -0.39 is 91.6 Å². The number of imidazole rings is 2. The predicted octanol–water partition coefficient (Wildman–Crippen LogP) is -1.55. The summed E-state index contributed by atoms with van der Waals surface area (Å²) in [5, 5.41) is 61.7. The third-order valence-corrected chi connectivity index (χ3v) is 7.06. The van der Waals surface area contributed by atoms with E-state index in [1.54, 1.807) is 4.90 Å². The van der Waals surface area contributed by atoms with Gasteiger partial charge in [0.15, 0.2) is 0 Å². The molecule has 1 unspecified atom stereocenters. The summed E-state index contributed by atoms with van der Waals surface area (Å²) >= 11 is 0. The van der Waals surface area contributed by atoms with Crippen LogP contribution in [0.15, 0.2) is 24.8 Å². The molecular formula is C28H38N8O14. The first-order chi connectivity index (χ1) is 23.5. The van der Waals surface area contributed by atoms with Crippen molar-refractivity contribution in [2.75, 3.05) is 6.54 Å². The summed E-state index contributed by atoms with van der Waals surface area (Å²) in [6.45, 7) is -0.420. The van der Waals surface area contributed by atoms with Gasteiger partial charge in [0.2, 0.25) is 5.91 Å². The summed E-state index contributed by atoms with van der Waals surface area (Å²) in [6.07, 6.45) is 3.68. The number of carboxylic acids is 6. The van der Waals surface area contributed by atoms with E-state index in [-0.39, 0.29) is 45.6 Å². The van der Waals surface area contributed by atoms with E-state index in [1.165, 1.54) is 33.9 Å². The Bertz CT molecular complexity index is 1480. The molecule has 0 aliphatic heterocycles. The quantitative estimate of drug-likeness (QED) is 0.0595. The SMILES string of the molecule is O=C(O)CC[C@H](NC(=O)N[C@@H](CCC(=O)NC(CCCN(Cc1nccn1CC(=O)O)Cc1nccn1CC(=O)O)C(=O)O)C(=O)O)C(=O)O. The maximum atomic E-state index is 12.6. The van der Waals surface area contributed by atoms with E-state index in [4.69, 9.17) is 10.2 Å². The fraction of sp³-hybridized carbons (Fsp3) is 0.500. The molecule has 50 heavy (non-hydrogen) atoms. The Kier molecular flexibility index (Phi) is 15.8. The van der Waals surface area contributed by atoms with Crippen molar-refractivity contribution < 1.29 is 69.0 Å². The molecule has 2 aromatic heterocycles. The highest BCUT2D eigenvalue weighted by molar-refractivity contribution is 5.87. The Labute approximate surface area is 282 Å². The lowest BCUT2D eigenvalue weighted by Gasteiger charge is -2.23. The predicted molar refractivity (Wildman–Crippen MR) is 163 cm³/mol. The van der Waals surface area contributed by atoms with Crippen LogP contribution in [0.5, 0.6) is 0 Å². The van der Waals surface area contributed by atoms with Crippen molar-refractivity contribution in [2.45, 2.75) is 82.8 Å². The van der Waals surface area contributed by atoms with Gasteiger partial charge in [-0.15, -0.1) is 0 Å². The summed E-state index contributed by atoms with van der Waals surface area (Å²) in [5.41, 5.74) is 0. The maximum absolute atomic E-state index is 12.6. The highest BCUT2D eigenvalue weighted by Crippen LogP contribution is 2.12. The number of hydrogen-bond acceptors (Lipinski definition) is 11. The zero-order valence-electron chi connectivity index (χ0n) is 26.5. The Morgan fingerprint density at radius 2 is 1.06 bits per heavy atom. The van der Waals surface area contributed by atoms with Gasteiger partial charge in [0.05, 0.1) is 13.1 Å². The molecule has 2 rings (SSSR count). The Hall–Kier alpha value is -6.06. The fourth-order valence-corrected chi connectivity index (χ4v) is 4.64. The molecule has 3 atom stereocenters. The number of aliphatic carboxylic acids is 6. The van der Waals surface area contributed by atoms with Crippen LogP contribution in [0, 0.1) is 0 Å². The van der Waals surface area contributed by atoms with Crippen molar-refractivity contribution in [2.24, 2.45) is 0 Å². The van der Waals surface area contributed by atoms with Gasteiger partial charge >= 0.3 is 41.8 Å². The zero-order chi connectivity index (χ0) is 37.4. The first kappa shape index (κ1) is 40.1. The van der Waals surface area contributed by atoms with E-state index in [2.05, 4.69) is 15.3 Å². The van der Waals surface area contributed by atoms with Gasteiger partial charge in [-0.05, 0) is 32.2 Å². The van der Waals surface area contributed by atoms with Crippen LogP contribution in [0.1, 0.15) is 50.2 Å². The second-order valence-electron chi connectivity index (χ2n) is 10.9. The van der Waals surface area contributed by atoms with Crippen molar-refractivity contribution in [1.29, 1.82) is 0 Å². The largest absolute Gasteiger partial charge is 0.481 e. The van der Waals surface area contributed by atoms with Gasteiger partial charge in [0, 0.05) is 37.6 Å². The van der Waals surface area contributed by atoms with Gasteiger partial charge in [-0.1, -0.05) is 0 Å². The summed E-state index contributed by atoms with van der Waals surface area (Å²) < 4.78 is 2.79. The molecule has 9 N–H and O–H groups in total. The van der Waals surface area contributed by atoms with Crippen LogP contribution in [-0.4, -0.2) is 127 Å². The van der Waals surface area contributed by atoms with Gasteiger partial charge in [-0.2, -0.15) is 0 Å². The van der Waals surface area contributed by atoms with E-state index in [0.717, 1.165) is 0 Å². The average Bonchev–Trinajstić information content (AvgIpc) is 3.63. The van der Waals surface area contributed by atoms with Crippen molar-refractivity contribution in [3.8, 4) is 0 Å². The zero-order valence-corrected chi connectivity index (χ0v) is 26.5. The Morgan fingerprint density at radius 3 is 1.48 bits per heavy atom. The maximum Gasteiger partial charge on any atom is 0.326 e. The second kappa shape index (κ2) is 19.7. The van der Waals surface area contributed by atoms with Gasteiger partial charge in [0.1, 0.15) is 42.9 Å². The molecule has 3 amide bonds. The van der Waals surface area contributed by atoms with Crippen LogP contribution in [0.3, 0.4) is 0 Å². The van der Waals surface area contributed by atoms with E-state index in [9.17, 15) is 58.8 Å². The standard InChI is InChI=1S/C28H38N8O14/c37-21(5-3-17(26(46)47)32-28(50)33-18(27(48)49)4-6-22(38)39)31-16(25(44)45)2-1-9-34(12-19-29-7-10-35(19)14-23(40)41)13-20-30-8-11-36(20)15-24(42)43/h7-8,10-11,16-18H,1-6,9,12-15H2,(H,31,37)(H,38,39)(H,40,41)(H,42,43)(H,44,45)(H,46,47)(H,48,49)(H2,32,33,50)/t16?,17-,18-/m0/s1. The summed E-state index contributed by atoms with van der Waals surface area (Å²) in [7, 11) is 0. The van der Waals surface area contributed by atoms with Crippen LogP contribution in [0.4, 0.5) is 4.79 Å². The number of aromatic nitrogens is 4. The van der Waals surface area contributed by atoms with Crippen LogP contribution < -0.4 is 16.0 Å². The molecule has 0 radical (unpaired) electrons. The molecule has 0 aromatic carbocycles. The number of nitrogens with one attached hydrogen (secondary N) is 3. The monoisotopic (exact) mass is 710 g/mol. The molecule has 0 fully saturated rings. The van der Waals surface area contributed by atoms with E-state index >= 15 is 0 Å². The molecule has 22 heteroatoms. The number of rotatable bonds is 24. The van der Waals surface area contributed by atoms with Crippen molar-refractivity contribution in [3.05, 3.63) is 36.4 Å². The first-order valence-electron chi connectivity index (χ1n) is 15.0. The molecule has 2 heterocycles. The van der Waals surface area contributed by atoms with Crippen molar-refractivity contribution in [1.82, 2.24) is 40.0 Å². The minimum Gasteiger partial charge on any atom is -0.481 e. The summed E-state index contributed by atoms with van der Waals surface area (Å²) in [6, 6.07) is -5.97. The number of carbonyl (C=O) groups excluding carboxylic acids is 2. The summed E-state index contributed by atoms with van der Waals surface area (Å²) in [4.78, 5) is 103. The molecule has 0 aliphatic carbocycles. The van der Waals surface area contributed by atoms with E-state index in [1.807, 2.05) is 10.6 Å². The molecule has 0 saturated heterocycles. The molecule has 274 valence electrons. The molecular weight excluding hydrogens is 672 g/mol. The highest BCUT2D eigenvalue weighted by atomic mass is 16.4. The van der Waals surface area contributed by atoms with Crippen LogP contribution >= 0.6 is 0 Å². The van der Waals surface area contributed by atoms with Gasteiger partial charge in [0.25, 0.3) is 0 Å². The lowest BCUT2D eigenvalue weighted by Crippen LogP contribution is -2.51. The minimum absolute atomic E-state index is 0.0776. The normalized spacial score (nSPS) is 12.7. The molecule has 0 saturated carbocycles. The first-order valence-corrected chi connectivity index (χ1v) is 15.0. The number of hydrogen-bond donors (Lipinski definition) is 9. The molecule has 2 aromatic rings. The lowest BCUT2D eigenvalue weighted by atomic mass is 10.1. The fourth-order valence-electron chi connectivity index (χ4n) is 4.64. The second-order valence-corrected chi connectivity index (χ2v) is 10.9. The van der Waals surface area contributed by atoms with Gasteiger partial charge < -0.3 is 55.7 Å². The van der Waals surface area contributed by atoms with Crippen LogP contribution in [0.2, 0.25) is 0 Å². The molecule has 0 bridgehead atoms. The third kappa shape index (κ3) is 14.4. The lowest BCUT2D eigenvalue weighted by molar-refractivity contribution is -0.142. The highest BCUT2D eigenvalue weighted by Gasteiger charge is 2.27. The Morgan fingerprint density at radius 1 is 0.620 bits per heavy atom. The van der Waals surface area contributed by atoms with Gasteiger partial charge in [-0.25, -0.2) is 29.1 Å². The molecule has 22 nitrogen and oxygen atoms in total. The topological polar surface area (TPSA) is 333 Å². The smallest absolute Gasteiger partial charge is 0.326 e. The van der Waals surface area contributed by atoms with Crippen molar-refractivity contribution >= 4 is 47.8 Å². The average molecular weight is 711 g/mol. The molecule has 0 spiro atoms. The number of urea groups is 1. The minimum atomic E-state index is -1.69. The third-order valence-electron chi connectivity index (χ3n) is 7.06. The number of nitrogens with zero attached hydrogens (tertiary/aromatic N) is 5. The molecule has 0 aliphatic rings. The van der Waals surface area contributed by atoms with Crippen LogP contribution in [-0.2, 0) is 59.7 Å². The van der Waals surface area contributed by atoms with E-state index in [0.29, 0.717) is 11.6 Å². The van der Waals surface area contributed by atoms with Gasteiger partial charge in [-0.3, -0.25) is 24.1 Å². The summed E-state index contributed by atoms with van der Waals surface area (Å²) in [5.74, 6) is -8.19. The number of carbonyl (C=O) groups is 8. The van der Waals surface area contributed by atoms with Crippen LogP contribution in [0.25, 0.3) is 0 Å². The van der Waals surface area contributed by atoms with Crippen molar-refractivity contribution in [3.63, 3.8) is 0 Å². The number of amides is 3.